The van der Waals surface area contributed by atoms with Crippen molar-refractivity contribution in [2.45, 2.75) is 6.04 Å². The summed E-state index contributed by atoms with van der Waals surface area (Å²) in [4.78, 5) is 27.9. The molecule has 0 unspecified atom stereocenters. The van der Waals surface area contributed by atoms with Crippen molar-refractivity contribution in [3.05, 3.63) is 89.3 Å². The Morgan fingerprint density at radius 3 is 2.44 bits per heavy atom. The molecule has 0 N–H and O–H groups in total. The fraction of sp³-hybridized carbons (Fsp3) is 0.0909. The first-order chi connectivity index (χ1) is 13.2. The summed E-state index contributed by atoms with van der Waals surface area (Å²) in [6.07, 6.45) is 2.57. The monoisotopic (exact) mass is 375 g/mol. The van der Waals surface area contributed by atoms with Crippen LogP contribution in [0.15, 0.2) is 78.9 Å². The van der Waals surface area contributed by atoms with Crippen molar-refractivity contribution >= 4 is 29.4 Å². The van der Waals surface area contributed by atoms with Crippen LogP contribution in [0.1, 0.15) is 16.5 Å². The maximum Gasteiger partial charge on any atom is 0.417 e. The molecule has 2 aromatic carbocycles. The lowest BCUT2D eigenvalue weighted by molar-refractivity contribution is -0.124. The minimum Gasteiger partial charge on any atom is -0.446 e. The van der Waals surface area contributed by atoms with Crippen molar-refractivity contribution in [3.63, 3.8) is 0 Å². The van der Waals surface area contributed by atoms with Crippen LogP contribution in [0.4, 0.5) is 4.79 Å². The van der Waals surface area contributed by atoms with E-state index in [-0.39, 0.29) is 18.6 Å². The van der Waals surface area contributed by atoms with Crippen molar-refractivity contribution in [2.75, 3.05) is 6.61 Å². The van der Waals surface area contributed by atoms with Gasteiger partial charge in [0.25, 0.3) is 5.91 Å². The van der Waals surface area contributed by atoms with Gasteiger partial charge in [0.1, 0.15) is 12.6 Å². The summed E-state index contributed by atoms with van der Waals surface area (Å²) in [5.41, 5.74) is 2.02. The number of amides is 2. The highest BCUT2D eigenvalue weighted by Gasteiger charge is 2.37. The number of rotatable bonds is 4. The highest BCUT2D eigenvalue weighted by Crippen LogP contribution is 2.30. The predicted molar refractivity (Wildman–Crippen MR) is 106 cm³/mol. The number of hydrogen-bond acceptors (Lipinski definition) is 4. The Hall–Kier alpha value is -3.18. The number of thiophene rings is 1. The molecule has 2 heterocycles. The van der Waals surface area contributed by atoms with Crippen LogP contribution in [-0.4, -0.2) is 23.5 Å². The molecule has 1 aromatic heterocycles. The average molecular weight is 375 g/mol. The maximum absolute atomic E-state index is 12.6. The molecule has 0 radical (unpaired) electrons. The summed E-state index contributed by atoms with van der Waals surface area (Å²) < 4.78 is 5.10. The summed E-state index contributed by atoms with van der Waals surface area (Å²) in [7, 11) is 0. The standard InChI is InChI=1S/C22H17NO3S/c24-21(23-19(15-26-22(23)25)16-7-3-1-4-8-16)14-12-18-11-13-20(27-18)17-9-5-2-6-10-17/h1-14,19H,15H2/b14-12+/t19-/m1/s1. The van der Waals surface area contributed by atoms with Crippen molar-refractivity contribution < 1.29 is 14.3 Å². The molecule has 5 heteroatoms. The van der Waals surface area contributed by atoms with Gasteiger partial charge in [-0.2, -0.15) is 0 Å². The quantitative estimate of drug-likeness (QED) is 0.593. The summed E-state index contributed by atoms with van der Waals surface area (Å²) in [5, 5.41) is 0. The van der Waals surface area contributed by atoms with Gasteiger partial charge in [-0.25, -0.2) is 9.69 Å². The Labute approximate surface area is 161 Å². The van der Waals surface area contributed by atoms with E-state index in [4.69, 9.17) is 4.74 Å². The number of hydrogen-bond donors (Lipinski definition) is 0. The van der Waals surface area contributed by atoms with Gasteiger partial charge in [0, 0.05) is 15.8 Å². The molecule has 1 atom stereocenters. The second kappa shape index (κ2) is 7.60. The summed E-state index contributed by atoms with van der Waals surface area (Å²) >= 11 is 1.59. The van der Waals surface area contributed by atoms with Crippen molar-refractivity contribution in [1.82, 2.24) is 4.90 Å². The van der Waals surface area contributed by atoms with Gasteiger partial charge in [0.05, 0.1) is 0 Å². The van der Waals surface area contributed by atoms with E-state index in [1.54, 1.807) is 17.4 Å². The van der Waals surface area contributed by atoms with Gasteiger partial charge in [-0.15, -0.1) is 11.3 Å². The third-order valence-corrected chi connectivity index (χ3v) is 5.47. The molecule has 0 spiro atoms. The Morgan fingerprint density at radius 1 is 1.00 bits per heavy atom. The molecule has 4 rings (SSSR count). The van der Waals surface area contributed by atoms with E-state index in [0.29, 0.717) is 0 Å². The molecule has 1 aliphatic rings. The third kappa shape index (κ3) is 3.68. The zero-order valence-electron chi connectivity index (χ0n) is 14.4. The van der Waals surface area contributed by atoms with E-state index in [0.717, 1.165) is 20.9 Å². The fourth-order valence-corrected chi connectivity index (χ4v) is 3.94. The zero-order valence-corrected chi connectivity index (χ0v) is 15.3. The number of ether oxygens (including phenoxy) is 1. The molecule has 27 heavy (non-hydrogen) atoms. The summed E-state index contributed by atoms with van der Waals surface area (Å²) in [6.45, 7) is 0.180. The highest BCUT2D eigenvalue weighted by molar-refractivity contribution is 7.16. The lowest BCUT2D eigenvalue weighted by Gasteiger charge is -2.18. The lowest BCUT2D eigenvalue weighted by Crippen LogP contribution is -2.32. The molecular formula is C22H17NO3S. The molecule has 1 aliphatic heterocycles. The van der Waals surface area contributed by atoms with Crippen molar-refractivity contribution in [1.29, 1.82) is 0 Å². The molecule has 2 amide bonds. The number of nitrogens with zero attached hydrogens (tertiary/aromatic N) is 1. The van der Waals surface area contributed by atoms with E-state index < -0.39 is 6.09 Å². The molecular weight excluding hydrogens is 358 g/mol. The Bertz CT molecular complexity index is 979. The number of carbonyl (C=O) groups is 2. The second-order valence-electron chi connectivity index (χ2n) is 6.11. The molecule has 0 saturated carbocycles. The van der Waals surface area contributed by atoms with Gasteiger partial charge in [-0.05, 0) is 29.3 Å². The van der Waals surface area contributed by atoms with Gasteiger partial charge in [-0.3, -0.25) is 4.79 Å². The van der Waals surface area contributed by atoms with Gasteiger partial charge >= 0.3 is 6.09 Å². The van der Waals surface area contributed by atoms with Gasteiger partial charge in [-0.1, -0.05) is 60.7 Å². The Balaban J connectivity index is 1.51. The van der Waals surface area contributed by atoms with Gasteiger partial charge in [0.15, 0.2) is 0 Å². The maximum atomic E-state index is 12.6. The second-order valence-corrected chi connectivity index (χ2v) is 7.23. The molecule has 0 aliphatic carbocycles. The molecule has 1 saturated heterocycles. The van der Waals surface area contributed by atoms with Gasteiger partial charge in [0.2, 0.25) is 0 Å². The average Bonchev–Trinajstić information content (AvgIpc) is 3.34. The van der Waals surface area contributed by atoms with E-state index in [1.165, 1.54) is 11.0 Å². The molecule has 4 nitrogen and oxygen atoms in total. The first kappa shape index (κ1) is 17.2. The van der Waals surface area contributed by atoms with Crippen LogP contribution in [0.5, 0.6) is 0 Å². The van der Waals surface area contributed by atoms with Crippen LogP contribution in [0.2, 0.25) is 0 Å². The number of cyclic esters (lactones) is 1. The fourth-order valence-electron chi connectivity index (χ4n) is 3.02. The van der Waals surface area contributed by atoms with E-state index in [2.05, 4.69) is 12.1 Å². The molecule has 1 fully saturated rings. The minimum atomic E-state index is -0.602. The first-order valence-electron chi connectivity index (χ1n) is 8.60. The normalized spacial score (nSPS) is 16.7. The minimum absolute atomic E-state index is 0.180. The Morgan fingerprint density at radius 2 is 1.70 bits per heavy atom. The van der Waals surface area contributed by atoms with Crippen molar-refractivity contribution in [2.24, 2.45) is 0 Å². The zero-order chi connectivity index (χ0) is 18.6. The Kier molecular flexibility index (Phi) is 4.85. The van der Waals surface area contributed by atoms with E-state index >= 15 is 0 Å². The smallest absolute Gasteiger partial charge is 0.417 e. The van der Waals surface area contributed by atoms with Crippen LogP contribution in [0.25, 0.3) is 16.5 Å². The van der Waals surface area contributed by atoms with Crippen LogP contribution in [-0.2, 0) is 9.53 Å². The van der Waals surface area contributed by atoms with E-state index in [1.807, 2.05) is 60.7 Å². The molecule has 3 aromatic rings. The van der Waals surface area contributed by atoms with Crippen LogP contribution in [0, 0.1) is 0 Å². The van der Waals surface area contributed by atoms with E-state index in [9.17, 15) is 9.59 Å². The first-order valence-corrected chi connectivity index (χ1v) is 9.42. The topological polar surface area (TPSA) is 46.6 Å². The largest absolute Gasteiger partial charge is 0.446 e. The number of carbonyl (C=O) groups excluding carboxylic acids is 2. The van der Waals surface area contributed by atoms with Crippen LogP contribution >= 0.6 is 11.3 Å². The lowest BCUT2D eigenvalue weighted by atomic mass is 10.1. The van der Waals surface area contributed by atoms with Crippen LogP contribution in [0.3, 0.4) is 0 Å². The van der Waals surface area contributed by atoms with Gasteiger partial charge < -0.3 is 4.74 Å². The molecule has 134 valence electrons. The predicted octanol–water partition coefficient (Wildman–Crippen LogP) is 5.15. The SMILES string of the molecule is O=C(/C=C/c1ccc(-c2ccccc2)s1)N1C(=O)OC[C@@H]1c1ccccc1. The van der Waals surface area contributed by atoms with Crippen LogP contribution < -0.4 is 0 Å². The number of imide groups is 1. The number of benzene rings is 2. The molecule has 0 bridgehead atoms. The summed E-state index contributed by atoms with van der Waals surface area (Å²) in [6, 6.07) is 23.1. The van der Waals surface area contributed by atoms with Crippen molar-refractivity contribution in [3.8, 4) is 10.4 Å². The summed E-state index contributed by atoms with van der Waals surface area (Å²) in [5.74, 6) is -0.374. The third-order valence-electron chi connectivity index (χ3n) is 4.37. The highest BCUT2D eigenvalue weighted by atomic mass is 32.1.